The molecule has 0 saturated carbocycles. The molecule has 0 radical (unpaired) electrons. The van der Waals surface area contributed by atoms with Crippen LogP contribution < -0.4 is 0 Å². The molecule has 1 atom stereocenters. The van der Waals surface area contributed by atoms with Crippen LogP contribution in [0.25, 0.3) is 0 Å². The second-order valence-electron chi connectivity index (χ2n) is 2.78. The van der Waals surface area contributed by atoms with Crippen molar-refractivity contribution in [3.05, 3.63) is 23.9 Å². The zero-order valence-corrected chi connectivity index (χ0v) is 9.25. The van der Waals surface area contributed by atoms with Crippen molar-refractivity contribution in [2.24, 2.45) is 0 Å². The number of ether oxygens (including phenoxy) is 1. The molecule has 1 aromatic heterocycles. The number of hydrogen-bond donors (Lipinski definition) is 0. The highest BCUT2D eigenvalue weighted by atomic mass is 32.2. The van der Waals surface area contributed by atoms with Crippen LogP contribution in [0.4, 0.5) is 0 Å². The Morgan fingerprint density at radius 3 is 3.07 bits per heavy atom. The lowest BCUT2D eigenvalue weighted by atomic mass is 10.3. The maximum Gasteiger partial charge on any atom is 0.318 e. The number of nitriles is 1. The van der Waals surface area contributed by atoms with Crippen LogP contribution in [0.2, 0.25) is 0 Å². The van der Waals surface area contributed by atoms with E-state index in [1.165, 1.54) is 18.9 Å². The lowest BCUT2D eigenvalue weighted by Gasteiger charge is -2.07. The van der Waals surface area contributed by atoms with Crippen molar-refractivity contribution in [3.8, 4) is 6.07 Å². The van der Waals surface area contributed by atoms with E-state index in [9.17, 15) is 4.79 Å². The lowest BCUT2D eigenvalue weighted by Crippen LogP contribution is -2.14. The Morgan fingerprint density at radius 1 is 1.73 bits per heavy atom. The lowest BCUT2D eigenvalue weighted by molar-refractivity contribution is -0.139. The monoisotopic (exact) mass is 222 g/mol. The van der Waals surface area contributed by atoms with Crippen LogP contribution >= 0.6 is 11.8 Å². The summed E-state index contributed by atoms with van der Waals surface area (Å²) in [4.78, 5) is 15.2. The van der Waals surface area contributed by atoms with Crippen LogP contribution in [0.5, 0.6) is 0 Å². The zero-order chi connectivity index (χ0) is 11.3. The molecule has 0 N–H and O–H groups in total. The smallest absolute Gasteiger partial charge is 0.318 e. The van der Waals surface area contributed by atoms with E-state index in [1.54, 1.807) is 25.3 Å². The van der Waals surface area contributed by atoms with E-state index in [-0.39, 0.29) is 11.2 Å². The molecule has 0 aromatic carbocycles. The number of hydrogen-bond acceptors (Lipinski definition) is 5. The molecule has 78 valence electrons. The van der Waals surface area contributed by atoms with Crippen LogP contribution in [0.3, 0.4) is 0 Å². The number of nitrogens with zero attached hydrogens (tertiary/aromatic N) is 2. The summed E-state index contributed by atoms with van der Waals surface area (Å²) in [7, 11) is 1.35. The number of thioether (sulfide) groups is 1. The quantitative estimate of drug-likeness (QED) is 0.574. The van der Waals surface area contributed by atoms with Crippen LogP contribution in [-0.4, -0.2) is 23.3 Å². The van der Waals surface area contributed by atoms with Crippen LogP contribution in [0, 0.1) is 11.3 Å². The molecule has 0 spiro atoms. The molecular weight excluding hydrogens is 212 g/mol. The van der Waals surface area contributed by atoms with Crippen molar-refractivity contribution in [3.63, 3.8) is 0 Å². The number of carbonyl (C=O) groups is 1. The van der Waals surface area contributed by atoms with Gasteiger partial charge in [-0.05, 0) is 19.1 Å². The summed E-state index contributed by atoms with van der Waals surface area (Å²) in [6, 6.07) is 5.28. The molecule has 0 saturated heterocycles. The third kappa shape index (κ3) is 3.26. The van der Waals surface area contributed by atoms with E-state index in [0.29, 0.717) is 10.6 Å². The Morgan fingerprint density at radius 2 is 2.47 bits per heavy atom. The van der Waals surface area contributed by atoms with Gasteiger partial charge in [-0.15, -0.1) is 0 Å². The van der Waals surface area contributed by atoms with Gasteiger partial charge in [0.2, 0.25) is 0 Å². The zero-order valence-electron chi connectivity index (χ0n) is 8.43. The van der Waals surface area contributed by atoms with Crippen LogP contribution in [0.15, 0.2) is 23.4 Å². The average molecular weight is 222 g/mol. The van der Waals surface area contributed by atoms with Crippen molar-refractivity contribution >= 4 is 17.7 Å². The molecule has 5 heteroatoms. The minimum Gasteiger partial charge on any atom is -0.468 e. The Hall–Kier alpha value is -1.54. The van der Waals surface area contributed by atoms with Crippen LogP contribution in [0.1, 0.15) is 12.5 Å². The van der Waals surface area contributed by atoms with E-state index >= 15 is 0 Å². The van der Waals surface area contributed by atoms with Crippen molar-refractivity contribution in [1.82, 2.24) is 4.98 Å². The fourth-order valence-electron chi connectivity index (χ4n) is 0.939. The van der Waals surface area contributed by atoms with Gasteiger partial charge in [0.1, 0.15) is 5.25 Å². The molecule has 1 aromatic rings. The first-order valence-electron chi connectivity index (χ1n) is 4.28. The number of esters is 1. The van der Waals surface area contributed by atoms with Gasteiger partial charge in [-0.3, -0.25) is 4.79 Å². The number of aromatic nitrogens is 1. The number of pyridine rings is 1. The summed E-state index contributed by atoms with van der Waals surface area (Å²) in [5, 5.41) is 9.00. The molecule has 0 amide bonds. The third-order valence-electron chi connectivity index (χ3n) is 1.69. The van der Waals surface area contributed by atoms with E-state index in [4.69, 9.17) is 5.26 Å². The van der Waals surface area contributed by atoms with Gasteiger partial charge in [0.05, 0.1) is 23.8 Å². The first-order chi connectivity index (χ1) is 7.17. The first kappa shape index (κ1) is 11.5. The fraction of sp³-hybridized carbons (Fsp3) is 0.300. The van der Waals surface area contributed by atoms with E-state index in [2.05, 4.69) is 9.72 Å². The van der Waals surface area contributed by atoms with Gasteiger partial charge < -0.3 is 4.74 Å². The summed E-state index contributed by atoms with van der Waals surface area (Å²) in [5.74, 6) is -0.302. The van der Waals surface area contributed by atoms with E-state index < -0.39 is 0 Å². The summed E-state index contributed by atoms with van der Waals surface area (Å²) in [6.45, 7) is 1.73. The summed E-state index contributed by atoms with van der Waals surface area (Å²) in [6.07, 6.45) is 1.55. The number of rotatable bonds is 3. The number of carbonyl (C=O) groups excluding carboxylic acids is 1. The molecule has 0 aliphatic carbocycles. The van der Waals surface area contributed by atoms with Gasteiger partial charge in [0, 0.05) is 6.20 Å². The van der Waals surface area contributed by atoms with Gasteiger partial charge in [0.15, 0.2) is 0 Å². The molecule has 1 rings (SSSR count). The predicted octanol–water partition coefficient (Wildman–Crippen LogP) is 1.61. The Labute approximate surface area is 92.3 Å². The normalized spacial score (nSPS) is 11.5. The van der Waals surface area contributed by atoms with Gasteiger partial charge in [-0.2, -0.15) is 5.26 Å². The molecule has 0 aliphatic rings. The highest BCUT2D eigenvalue weighted by molar-refractivity contribution is 8.00. The molecule has 4 nitrogen and oxygen atoms in total. The molecule has 1 heterocycles. The minimum atomic E-state index is -0.323. The molecule has 0 fully saturated rings. The second-order valence-corrected chi connectivity index (χ2v) is 4.14. The fourth-order valence-corrected chi connectivity index (χ4v) is 1.81. The first-order valence-corrected chi connectivity index (χ1v) is 5.16. The Bertz CT molecular complexity index is 401. The highest BCUT2D eigenvalue weighted by Crippen LogP contribution is 2.22. The number of methoxy groups -OCH3 is 1. The Balaban J connectivity index is 2.73. The summed E-state index contributed by atoms with van der Waals surface area (Å²) < 4.78 is 4.59. The topological polar surface area (TPSA) is 63.0 Å². The van der Waals surface area contributed by atoms with Gasteiger partial charge in [0.25, 0.3) is 0 Å². The average Bonchev–Trinajstić information content (AvgIpc) is 2.28. The molecule has 15 heavy (non-hydrogen) atoms. The molecule has 0 bridgehead atoms. The van der Waals surface area contributed by atoms with Gasteiger partial charge in [-0.25, -0.2) is 4.98 Å². The SMILES string of the molecule is COC(=O)C(C)Sc1cc(C#N)ccn1. The molecular formula is C10H10N2O2S. The van der Waals surface area contributed by atoms with E-state index in [0.717, 1.165) is 0 Å². The van der Waals surface area contributed by atoms with Crippen molar-refractivity contribution in [2.75, 3.05) is 7.11 Å². The standard InChI is InChI=1S/C10H10N2O2S/c1-7(10(13)14-2)15-9-5-8(6-11)3-4-12-9/h3-5,7H,1-2H3. The van der Waals surface area contributed by atoms with Crippen molar-refractivity contribution in [2.45, 2.75) is 17.2 Å². The van der Waals surface area contributed by atoms with Crippen molar-refractivity contribution < 1.29 is 9.53 Å². The van der Waals surface area contributed by atoms with Gasteiger partial charge in [-0.1, -0.05) is 11.8 Å². The van der Waals surface area contributed by atoms with Crippen molar-refractivity contribution in [1.29, 1.82) is 5.26 Å². The van der Waals surface area contributed by atoms with E-state index in [1.807, 2.05) is 6.07 Å². The highest BCUT2D eigenvalue weighted by Gasteiger charge is 2.15. The predicted molar refractivity (Wildman–Crippen MR) is 56.3 cm³/mol. The maximum atomic E-state index is 11.1. The minimum absolute atomic E-state index is 0.302. The Kier molecular flexibility index (Phi) is 4.13. The second kappa shape index (κ2) is 5.37. The van der Waals surface area contributed by atoms with Gasteiger partial charge >= 0.3 is 5.97 Å². The molecule has 0 aliphatic heterocycles. The third-order valence-corrected chi connectivity index (χ3v) is 2.71. The summed E-state index contributed by atoms with van der Waals surface area (Å²) in [5.41, 5.74) is 0.532. The molecule has 1 unspecified atom stereocenters. The largest absolute Gasteiger partial charge is 0.468 e. The maximum absolute atomic E-state index is 11.1. The van der Waals surface area contributed by atoms with Crippen LogP contribution in [-0.2, 0) is 9.53 Å². The summed E-state index contributed by atoms with van der Waals surface area (Å²) >= 11 is 1.27.